The molecule has 141 heavy (non-hydrogen) atoms. The van der Waals surface area contributed by atoms with Crippen molar-refractivity contribution < 1.29 is 51.0 Å². The molecule has 7 aliphatic heterocycles. The lowest BCUT2D eigenvalue weighted by Crippen LogP contribution is -2.59. The normalized spacial score (nSPS) is 37.7. The molecule has 28 rings (SSSR count). The Labute approximate surface area is 868 Å². The third-order valence-corrected chi connectivity index (χ3v) is 43.3. The monoisotopic (exact) mass is 1930 g/mol. The number of nitrogens with zero attached hydrogens (tertiary/aromatic N) is 7. The number of fused-ring (bicyclic) bond motifs is 7. The molecule has 8 unspecified atom stereocenters. The molecule has 14 nitrogen and oxygen atoms in total. The van der Waals surface area contributed by atoms with E-state index in [0.29, 0.717) is 88.6 Å². The van der Waals surface area contributed by atoms with Crippen LogP contribution in [0.25, 0.3) is 0 Å². The van der Waals surface area contributed by atoms with Gasteiger partial charge < -0.3 is 67.5 Å². The van der Waals surface area contributed by atoms with Crippen LogP contribution in [0.1, 0.15) is 327 Å². The van der Waals surface area contributed by atoms with Gasteiger partial charge in [0.05, 0.1) is 60.0 Å². The number of ether oxygens (including phenoxy) is 7. The molecule has 0 aromatic heterocycles. The fraction of sp³-hybridized carbons (Fsp3) is 0.669. The fourth-order valence-corrected chi connectivity index (χ4v) is 36.6. The molecule has 14 fully saturated rings. The molecule has 7 saturated heterocycles. The summed E-state index contributed by atoms with van der Waals surface area (Å²) in [6, 6.07) is 49.1. The van der Waals surface area contributed by atoms with Crippen LogP contribution in [0.2, 0.25) is 0 Å². The second kappa shape index (κ2) is 40.5. The van der Waals surface area contributed by atoms with Gasteiger partial charge >= 0.3 is 0 Å². The number of likely N-dealkylation sites (N-methyl/N-ethyl adjacent to an activating group) is 7. The van der Waals surface area contributed by atoms with E-state index in [2.05, 4.69) is 166 Å². The predicted octanol–water partition coefficient (Wildman–Crippen LogP) is 24.1. The van der Waals surface area contributed by atoms with Gasteiger partial charge in [0.2, 0.25) is 0 Å². The molecule has 0 N–H and O–H groups in total. The minimum Gasteiger partial charge on any atom is -0.497 e. The average molecular weight is 1930 g/mol. The molecule has 22 atom stereocenters. The highest BCUT2D eigenvalue weighted by Gasteiger charge is 2.61. The maximum absolute atomic E-state index is 7.92. The molecule has 7 aromatic carbocycles. The summed E-state index contributed by atoms with van der Waals surface area (Å²) in [4.78, 5) is 17.0. The molecular weight excluding hydrogens is 1740 g/mol. The van der Waals surface area contributed by atoms with Crippen molar-refractivity contribution in [2.45, 2.75) is 357 Å². The third-order valence-electron chi connectivity index (χ3n) is 43.3. The van der Waals surface area contributed by atoms with Crippen molar-refractivity contribution in [3.8, 4) is 40.2 Å². The maximum Gasteiger partial charge on any atom is 0.119 e. The quantitative estimate of drug-likeness (QED) is 0.145. The molecule has 0 amide bonds. The van der Waals surface area contributed by atoms with Crippen molar-refractivity contribution in [2.75, 3.05) is 144 Å². The number of benzene rings is 7. The molecule has 14 heteroatoms. The van der Waals surface area contributed by atoms with Crippen molar-refractivity contribution in [1.29, 1.82) is 0 Å². The standard InChI is InChI=1S/C19H27NO.6C18H25NO/c1-3-21-15-8-7-14-12-18-16-6-4-5-9-19(16,17(14)13-15)10-11-20(18)2;6*1-19-10-9-18-8-4-3-5-15(18)17(19)11-13-6-7-14(20-2)12-16(13)18/h7-8,13,16,18H,3-6,9-12H2,1-2H3;6*6-7,12,15,17H,3-5,8-11H2,1-2H3/t16?,18-,19-;6*15?,17-,18-/m0000000/s1/i3D;2*2D3;2D;2*1D2;1D/t3?,16?,18-,19-;6m. The van der Waals surface area contributed by atoms with E-state index in [1.54, 1.807) is 44.9 Å². The molecule has 7 saturated carbocycles. The zero-order valence-electron chi connectivity index (χ0n) is 100.0. The lowest BCUT2D eigenvalue weighted by Gasteiger charge is -2.58. The van der Waals surface area contributed by atoms with Crippen molar-refractivity contribution >= 4 is 0 Å². The summed E-state index contributed by atoms with van der Waals surface area (Å²) < 4.78 is 137. The first-order valence-corrected chi connectivity index (χ1v) is 56.2. The zero-order chi connectivity index (χ0) is 107. The second-order valence-corrected chi connectivity index (χ2v) is 48.5. The molecule has 762 valence electrons. The van der Waals surface area contributed by atoms with Crippen LogP contribution in [0.5, 0.6) is 40.2 Å². The van der Waals surface area contributed by atoms with Crippen LogP contribution in [0.3, 0.4) is 0 Å². The van der Waals surface area contributed by atoms with Crippen LogP contribution in [0.15, 0.2) is 127 Å². The van der Waals surface area contributed by atoms with Crippen LogP contribution >= 0.6 is 0 Å². The van der Waals surface area contributed by atoms with Crippen LogP contribution in [0, 0.1) is 41.4 Å². The van der Waals surface area contributed by atoms with Crippen LogP contribution < -0.4 is 33.2 Å². The van der Waals surface area contributed by atoms with Crippen molar-refractivity contribution in [3.05, 3.63) is 205 Å². The van der Waals surface area contributed by atoms with Crippen molar-refractivity contribution in [3.63, 3.8) is 0 Å². The van der Waals surface area contributed by atoms with E-state index in [1.807, 2.05) is 24.3 Å². The van der Waals surface area contributed by atoms with Crippen LogP contribution in [-0.2, 0) is 82.9 Å². The number of hydrogen-bond acceptors (Lipinski definition) is 14. The summed E-state index contributed by atoms with van der Waals surface area (Å²) in [5, 5.41) is 0. The molecule has 14 aliphatic carbocycles. The van der Waals surface area contributed by atoms with Crippen molar-refractivity contribution in [2.24, 2.45) is 41.4 Å². The van der Waals surface area contributed by atoms with Crippen LogP contribution in [-0.4, -0.2) is 221 Å². The number of piperidine rings is 7. The molecule has 0 radical (unpaired) electrons. The van der Waals surface area contributed by atoms with Gasteiger partial charge in [-0.3, -0.25) is 0 Å². The van der Waals surface area contributed by atoms with Gasteiger partial charge in [-0.1, -0.05) is 132 Å². The summed E-state index contributed by atoms with van der Waals surface area (Å²) in [6.07, 6.45) is 53.1. The fourth-order valence-electron chi connectivity index (χ4n) is 36.6. The van der Waals surface area contributed by atoms with E-state index < -0.39 is 34.7 Å². The summed E-state index contributed by atoms with van der Waals surface area (Å²) in [5.41, 5.74) is 22.9. The molecular formula is C127H177N7O7. The Morgan fingerprint density at radius 1 is 0.255 bits per heavy atom. The highest BCUT2D eigenvalue weighted by atomic mass is 16.5. The van der Waals surface area contributed by atoms with Crippen LogP contribution in [0.4, 0.5) is 0 Å². The molecule has 21 aliphatic rings. The molecule has 7 heterocycles. The highest BCUT2D eigenvalue weighted by molar-refractivity contribution is 5.54. The Hall–Kier alpha value is -7.14. The maximum atomic E-state index is 7.92. The van der Waals surface area contributed by atoms with Gasteiger partial charge in [0, 0.05) is 87.1 Å². The van der Waals surface area contributed by atoms with E-state index in [-0.39, 0.29) is 28.7 Å². The number of methoxy groups -OCH3 is 6. The lowest BCUT2D eigenvalue weighted by molar-refractivity contribution is 0.00270. The molecule has 0 spiro atoms. The average Bonchev–Trinajstić information content (AvgIpc) is 0.720. The smallest absolute Gasteiger partial charge is 0.119 e. The molecule has 7 aromatic rings. The topological polar surface area (TPSA) is 87.3 Å². The first kappa shape index (κ1) is 83.9. The van der Waals surface area contributed by atoms with E-state index in [0.717, 1.165) is 136 Å². The summed E-state index contributed by atoms with van der Waals surface area (Å²) in [7, 11) is 10.1. The van der Waals surface area contributed by atoms with Gasteiger partial charge in [0.15, 0.2) is 0 Å². The van der Waals surface area contributed by atoms with Gasteiger partial charge in [-0.25, -0.2) is 0 Å². The summed E-state index contributed by atoms with van der Waals surface area (Å²) in [5.74, 6) is 10.8. The third kappa shape index (κ3) is 17.1. The van der Waals surface area contributed by atoms with E-state index in [4.69, 9.17) is 51.0 Å². The lowest BCUT2D eigenvalue weighted by atomic mass is 9.52. The first-order chi connectivity index (χ1) is 74.2. The summed E-state index contributed by atoms with van der Waals surface area (Å²) >= 11 is 0. The Kier molecular flexibility index (Phi) is 24.1. The van der Waals surface area contributed by atoms with Crippen molar-refractivity contribution in [1.82, 2.24) is 34.3 Å². The van der Waals surface area contributed by atoms with Gasteiger partial charge in [0.25, 0.3) is 0 Å². The minimum absolute atomic E-state index is 0.0145. The van der Waals surface area contributed by atoms with Gasteiger partial charge in [-0.15, -0.1) is 0 Å². The Balaban J connectivity index is 0.000000101. The highest BCUT2D eigenvalue weighted by Crippen LogP contribution is 2.65. The van der Waals surface area contributed by atoms with Gasteiger partial charge in [-0.2, -0.15) is 0 Å². The first-order valence-electron chi connectivity index (χ1n) is 63.5. The summed E-state index contributed by atoms with van der Waals surface area (Å²) in [6.45, 7) is 7.26. The number of hydrogen-bond donors (Lipinski definition) is 0. The van der Waals surface area contributed by atoms with E-state index >= 15 is 0 Å². The minimum atomic E-state index is -2.37. The van der Waals surface area contributed by atoms with E-state index in [9.17, 15) is 0 Å². The zero-order valence-corrected chi connectivity index (χ0v) is 87.0. The van der Waals surface area contributed by atoms with E-state index in [1.165, 1.54) is 299 Å². The predicted molar refractivity (Wildman–Crippen MR) is 574 cm³/mol. The van der Waals surface area contributed by atoms with Gasteiger partial charge in [-0.05, 0) is 486 Å². The SMILES string of the molecule is [2H]C(C)Oc1ccc2c(c1)[C@]13CCCCC1[C@H](C2)N(C)CC3.[2H]C([2H])([2H])Oc1ccc2c(c1)[C@]13CCCCC1[C@H](C2)N(C)CC3.[2H]C([2H])([2H])Oc1ccc2c(c1)[C@]13CCCCC1[C@H](C2)N(C)CC3.[2H]C([2H])N1CC[C@@]23CCCCC2[C@@H]1Cc1ccc(OC)cc13.[2H]C([2H])N1CC[C@@]23CCCCC2[C@@H]1Cc1ccc(OC)cc13.[2H]CN1CC[C@@]23CCCCC2[C@@H]1Cc1ccc(OC)cc13.[2H]COc1ccc2c(c1)[C@]13CCCCC1[C@H](C2)N(C)CC3. The Morgan fingerprint density at radius 3 is 0.681 bits per heavy atom. The Bertz CT molecular complexity index is 5840. The largest absolute Gasteiger partial charge is 0.497 e. The number of likely N-dealkylation sites (tertiary alicyclic amines) is 7. The second-order valence-electron chi connectivity index (χ2n) is 48.5. The number of rotatable bonds is 8. The molecule has 14 bridgehead atoms. The Morgan fingerprint density at radius 2 is 0.461 bits per heavy atom. The van der Waals surface area contributed by atoms with Gasteiger partial charge in [0.1, 0.15) is 40.2 Å².